The normalized spacial score (nSPS) is 11.7. The topological polar surface area (TPSA) is 58.2 Å². The molecule has 196 valence electrons. The second-order valence-electron chi connectivity index (χ2n) is 9.17. The molecular formula is C35H30N2O2P+. The molecule has 5 heteroatoms. The third-order valence-corrected chi connectivity index (χ3v) is 11.1. The summed E-state index contributed by atoms with van der Waals surface area (Å²) < 4.78 is 0. The highest BCUT2D eigenvalue weighted by Crippen LogP contribution is 2.67. The maximum Gasteiger partial charge on any atom is 0.271 e. The monoisotopic (exact) mass is 541 g/mol. The predicted molar refractivity (Wildman–Crippen MR) is 166 cm³/mol. The van der Waals surface area contributed by atoms with Gasteiger partial charge in [0, 0.05) is 18.2 Å². The highest BCUT2D eigenvalue weighted by Gasteiger charge is 2.52. The lowest BCUT2D eigenvalue weighted by Gasteiger charge is -2.31. The van der Waals surface area contributed by atoms with Crippen molar-refractivity contribution in [1.82, 2.24) is 10.6 Å². The molecule has 5 aromatic rings. The lowest BCUT2D eigenvalue weighted by atomic mass is 10.1. The van der Waals surface area contributed by atoms with E-state index in [9.17, 15) is 9.59 Å². The van der Waals surface area contributed by atoms with Crippen LogP contribution in [0.1, 0.15) is 15.9 Å². The van der Waals surface area contributed by atoms with Gasteiger partial charge in [0.25, 0.3) is 11.8 Å². The lowest BCUT2D eigenvalue weighted by Crippen LogP contribution is -2.38. The Morgan fingerprint density at radius 2 is 0.850 bits per heavy atom. The zero-order chi connectivity index (χ0) is 27.8. The van der Waals surface area contributed by atoms with E-state index in [4.69, 9.17) is 0 Å². The number of hydrogen-bond donors (Lipinski definition) is 2. The van der Waals surface area contributed by atoms with Crippen LogP contribution in [0.5, 0.6) is 0 Å². The summed E-state index contributed by atoms with van der Waals surface area (Å²) in [7, 11) is -1.16. The standard InChI is InChI=1S/C35H29N2O2P/c1-36-35(39)32(37-34(38)28-19-9-3-10-20-28)33(27-17-7-2-8-18-27)40(29-21-11-4-12-22-29,30-23-13-5-14-24-30)31-25-15-6-16-26-31/h2-26H,1H3,(H-,36,37,38,39)/p+1/b33-32-. The Morgan fingerprint density at radius 3 is 1.23 bits per heavy atom. The molecule has 0 aromatic heterocycles. The van der Waals surface area contributed by atoms with Gasteiger partial charge in [-0.1, -0.05) is 103 Å². The molecule has 0 radical (unpaired) electrons. The van der Waals surface area contributed by atoms with Gasteiger partial charge in [-0.3, -0.25) is 9.59 Å². The van der Waals surface area contributed by atoms with E-state index in [1.54, 1.807) is 19.2 Å². The number of benzene rings is 5. The van der Waals surface area contributed by atoms with Crippen LogP contribution in [-0.4, -0.2) is 18.9 Å². The molecule has 0 bridgehead atoms. The number of rotatable bonds is 8. The van der Waals surface area contributed by atoms with Crippen LogP contribution in [0.25, 0.3) is 5.31 Å². The van der Waals surface area contributed by atoms with E-state index < -0.39 is 7.26 Å². The minimum atomic E-state index is -2.75. The molecule has 2 N–H and O–H groups in total. The summed E-state index contributed by atoms with van der Waals surface area (Å²) in [5.74, 6) is -0.713. The zero-order valence-electron chi connectivity index (χ0n) is 22.2. The van der Waals surface area contributed by atoms with Crippen molar-refractivity contribution >= 4 is 40.3 Å². The summed E-state index contributed by atoms with van der Waals surface area (Å²) >= 11 is 0. The van der Waals surface area contributed by atoms with Crippen LogP contribution >= 0.6 is 7.26 Å². The van der Waals surface area contributed by atoms with Crippen molar-refractivity contribution in [1.29, 1.82) is 0 Å². The quantitative estimate of drug-likeness (QED) is 0.201. The van der Waals surface area contributed by atoms with Crippen LogP contribution in [0.3, 0.4) is 0 Å². The van der Waals surface area contributed by atoms with Gasteiger partial charge < -0.3 is 10.6 Å². The second-order valence-corrected chi connectivity index (χ2v) is 12.5. The van der Waals surface area contributed by atoms with Crippen molar-refractivity contribution in [3.05, 3.63) is 168 Å². The average molecular weight is 542 g/mol. The van der Waals surface area contributed by atoms with Crippen molar-refractivity contribution < 1.29 is 9.59 Å². The fraction of sp³-hybridized carbons (Fsp3) is 0.0286. The molecule has 0 unspecified atom stereocenters. The SMILES string of the molecule is CNC(=O)/C(NC(=O)c1ccccc1)=C(\c1ccccc1)[P+](c1ccccc1)(c1ccccc1)c1ccccc1. The number of nitrogens with one attached hydrogen (secondary N) is 2. The van der Waals surface area contributed by atoms with E-state index in [2.05, 4.69) is 47.0 Å². The van der Waals surface area contributed by atoms with Crippen LogP contribution in [-0.2, 0) is 4.79 Å². The Morgan fingerprint density at radius 1 is 0.500 bits per heavy atom. The predicted octanol–water partition coefficient (Wildman–Crippen LogP) is 5.53. The van der Waals surface area contributed by atoms with Crippen molar-refractivity contribution in [3.63, 3.8) is 0 Å². The maximum atomic E-state index is 13.9. The third kappa shape index (κ3) is 5.22. The fourth-order valence-electron chi connectivity index (χ4n) is 5.01. The Labute approximate surface area is 235 Å². The minimum Gasteiger partial charge on any atom is -0.354 e. The van der Waals surface area contributed by atoms with E-state index in [1.807, 2.05) is 103 Å². The molecule has 0 fully saturated rings. The van der Waals surface area contributed by atoms with E-state index in [1.165, 1.54) is 0 Å². The van der Waals surface area contributed by atoms with Gasteiger partial charge in [0.15, 0.2) is 5.70 Å². The second kappa shape index (κ2) is 12.4. The van der Waals surface area contributed by atoms with E-state index in [-0.39, 0.29) is 17.5 Å². The number of carbonyl (C=O) groups is 2. The molecule has 0 saturated heterocycles. The summed E-state index contributed by atoms with van der Waals surface area (Å²) in [5, 5.41) is 9.85. The number of hydrogen-bond acceptors (Lipinski definition) is 2. The Balaban J connectivity index is 1.96. The largest absolute Gasteiger partial charge is 0.354 e. The molecular weight excluding hydrogens is 511 g/mol. The fourth-order valence-corrected chi connectivity index (χ4v) is 9.57. The number of carbonyl (C=O) groups excluding carboxylic acids is 2. The van der Waals surface area contributed by atoms with Crippen molar-refractivity contribution in [2.24, 2.45) is 0 Å². The van der Waals surface area contributed by atoms with E-state index in [0.717, 1.165) is 26.8 Å². The summed E-state index contributed by atoms with van der Waals surface area (Å²) in [5.41, 5.74) is 1.56. The number of amides is 2. The van der Waals surface area contributed by atoms with Gasteiger partial charge in [-0.25, -0.2) is 0 Å². The molecule has 0 aliphatic heterocycles. The Kier molecular flexibility index (Phi) is 8.29. The average Bonchev–Trinajstić information content (AvgIpc) is 3.04. The molecule has 0 saturated carbocycles. The highest BCUT2D eigenvalue weighted by molar-refractivity contribution is 8.03. The van der Waals surface area contributed by atoms with Gasteiger partial charge in [0.2, 0.25) is 0 Å². The molecule has 0 aliphatic carbocycles. The summed E-state index contributed by atoms with van der Waals surface area (Å²) in [6.45, 7) is 0. The summed E-state index contributed by atoms with van der Waals surface area (Å²) in [4.78, 5) is 27.5. The zero-order valence-corrected chi connectivity index (χ0v) is 23.1. The third-order valence-electron chi connectivity index (χ3n) is 6.78. The molecule has 5 rings (SSSR count). The Hall–Kier alpha value is -4.79. The summed E-state index contributed by atoms with van der Waals surface area (Å²) in [6.07, 6.45) is 0. The van der Waals surface area contributed by atoms with Gasteiger partial charge in [-0.15, -0.1) is 0 Å². The van der Waals surface area contributed by atoms with Crippen LogP contribution in [0.4, 0.5) is 0 Å². The molecule has 0 spiro atoms. The van der Waals surface area contributed by atoms with E-state index >= 15 is 0 Å². The minimum absolute atomic E-state index is 0.229. The maximum absolute atomic E-state index is 13.9. The van der Waals surface area contributed by atoms with Crippen LogP contribution < -0.4 is 26.5 Å². The Bertz CT molecular complexity index is 1510. The van der Waals surface area contributed by atoms with Gasteiger partial charge in [0.1, 0.15) is 28.5 Å². The summed E-state index contributed by atoms with van der Waals surface area (Å²) in [6, 6.07) is 49.8. The lowest BCUT2D eigenvalue weighted by molar-refractivity contribution is -0.117. The van der Waals surface area contributed by atoms with Crippen molar-refractivity contribution in [2.45, 2.75) is 0 Å². The first-order valence-corrected chi connectivity index (χ1v) is 14.9. The first-order chi connectivity index (χ1) is 19.7. The molecule has 0 aliphatic rings. The van der Waals surface area contributed by atoms with Gasteiger partial charge in [-0.05, 0) is 48.5 Å². The van der Waals surface area contributed by atoms with Crippen molar-refractivity contribution in [3.8, 4) is 0 Å². The molecule has 4 nitrogen and oxygen atoms in total. The van der Waals surface area contributed by atoms with E-state index in [0.29, 0.717) is 5.56 Å². The smallest absolute Gasteiger partial charge is 0.271 e. The first-order valence-electron chi connectivity index (χ1n) is 13.1. The van der Waals surface area contributed by atoms with Gasteiger partial charge in [-0.2, -0.15) is 0 Å². The first kappa shape index (κ1) is 26.8. The molecule has 40 heavy (non-hydrogen) atoms. The van der Waals surface area contributed by atoms with Crippen LogP contribution in [0.15, 0.2) is 157 Å². The van der Waals surface area contributed by atoms with Crippen LogP contribution in [0, 0.1) is 0 Å². The van der Waals surface area contributed by atoms with Gasteiger partial charge in [0.05, 0.1) is 0 Å². The molecule has 2 amide bonds. The molecule has 0 atom stereocenters. The van der Waals surface area contributed by atoms with Crippen molar-refractivity contribution in [2.75, 3.05) is 7.05 Å². The molecule has 0 heterocycles. The van der Waals surface area contributed by atoms with Crippen LogP contribution in [0.2, 0.25) is 0 Å². The highest BCUT2D eigenvalue weighted by atomic mass is 31.2. The number of likely N-dealkylation sites (N-methyl/N-ethyl adjacent to an activating group) is 1. The van der Waals surface area contributed by atoms with Gasteiger partial charge >= 0.3 is 0 Å². The molecule has 5 aromatic carbocycles.